The first-order chi connectivity index (χ1) is 7.09. The minimum absolute atomic E-state index is 0.0473. The Hall–Kier alpha value is -0.710. The van der Waals surface area contributed by atoms with Gasteiger partial charge in [0.25, 0.3) is 0 Å². The molecule has 0 saturated carbocycles. The molecule has 1 N–H and O–H groups in total. The number of nitrogens with zero attached hydrogens (tertiary/aromatic N) is 1. The number of carbonyl (C=O) groups excluding carboxylic acids is 1. The lowest BCUT2D eigenvalue weighted by Gasteiger charge is -2.44. The summed E-state index contributed by atoms with van der Waals surface area (Å²) in [6.45, 7) is 4.15. The van der Waals surface area contributed by atoms with E-state index in [-0.39, 0.29) is 5.25 Å². The van der Waals surface area contributed by atoms with Crippen LogP contribution in [-0.4, -0.2) is 45.5 Å². The van der Waals surface area contributed by atoms with Crippen molar-refractivity contribution in [3.8, 4) is 0 Å². The predicted molar refractivity (Wildman–Crippen MR) is 60.0 cm³/mol. The number of carboxylic acid groups (broad SMARTS) is 1. The third-order valence-corrected chi connectivity index (χ3v) is 4.51. The molecule has 1 amide bonds. The van der Waals surface area contributed by atoms with Crippen molar-refractivity contribution in [1.29, 1.82) is 0 Å². The van der Waals surface area contributed by atoms with Gasteiger partial charge in [0.15, 0.2) is 5.54 Å². The molecular formula is C10H17NO3S. The largest absolute Gasteiger partial charge is 0.479 e. The van der Waals surface area contributed by atoms with Crippen LogP contribution in [0.2, 0.25) is 0 Å². The van der Waals surface area contributed by atoms with Gasteiger partial charge in [0.05, 0.1) is 0 Å². The molecule has 86 valence electrons. The van der Waals surface area contributed by atoms with Crippen LogP contribution in [0.5, 0.6) is 0 Å². The van der Waals surface area contributed by atoms with Crippen molar-refractivity contribution in [3.63, 3.8) is 0 Å². The average molecular weight is 231 g/mol. The molecule has 0 aliphatic carbocycles. The molecule has 5 heteroatoms. The minimum atomic E-state index is -1.00. The molecule has 0 spiro atoms. The molecule has 1 rings (SSSR count). The van der Waals surface area contributed by atoms with Crippen molar-refractivity contribution in [2.75, 3.05) is 12.3 Å². The molecule has 1 aliphatic heterocycles. The maximum Gasteiger partial charge on any atom is 0.330 e. The molecule has 1 aliphatic rings. The van der Waals surface area contributed by atoms with E-state index in [0.717, 1.165) is 12.2 Å². The smallest absolute Gasteiger partial charge is 0.330 e. The highest BCUT2D eigenvalue weighted by Gasteiger charge is 2.49. The van der Waals surface area contributed by atoms with Crippen LogP contribution in [0.25, 0.3) is 0 Å². The minimum Gasteiger partial charge on any atom is -0.479 e. The summed E-state index contributed by atoms with van der Waals surface area (Å²) in [5, 5.41) is 9.33. The number of thioether (sulfide) groups is 1. The Morgan fingerprint density at radius 3 is 2.80 bits per heavy atom. The zero-order chi connectivity index (χ0) is 11.5. The molecule has 1 fully saturated rings. The molecule has 2 unspecified atom stereocenters. The first-order valence-corrected chi connectivity index (χ1v) is 6.21. The lowest BCUT2D eigenvalue weighted by atomic mass is 9.88. The number of hydrogen-bond donors (Lipinski definition) is 1. The summed E-state index contributed by atoms with van der Waals surface area (Å²) in [7, 11) is 0. The highest BCUT2D eigenvalue weighted by atomic mass is 32.2. The molecule has 0 radical (unpaired) electrons. The Morgan fingerprint density at radius 2 is 2.40 bits per heavy atom. The first-order valence-electron chi connectivity index (χ1n) is 5.16. The van der Waals surface area contributed by atoms with E-state index in [9.17, 15) is 14.7 Å². The van der Waals surface area contributed by atoms with Crippen LogP contribution in [0, 0.1) is 0 Å². The normalized spacial score (nSPS) is 30.9. The number of carbonyl (C=O) groups is 2. The summed E-state index contributed by atoms with van der Waals surface area (Å²) >= 11 is 1.63. The fourth-order valence-electron chi connectivity index (χ4n) is 2.17. The van der Waals surface area contributed by atoms with E-state index in [1.165, 1.54) is 4.90 Å². The molecule has 0 aromatic heterocycles. The fourth-order valence-corrected chi connectivity index (χ4v) is 3.47. The number of rotatable bonds is 4. The van der Waals surface area contributed by atoms with Crippen molar-refractivity contribution in [3.05, 3.63) is 0 Å². The Balaban J connectivity index is 3.04. The van der Waals surface area contributed by atoms with Crippen LogP contribution in [-0.2, 0) is 9.59 Å². The molecule has 1 heterocycles. The quantitative estimate of drug-likeness (QED) is 0.739. The van der Waals surface area contributed by atoms with Gasteiger partial charge in [-0.15, -0.1) is 0 Å². The zero-order valence-corrected chi connectivity index (χ0v) is 9.92. The van der Waals surface area contributed by atoms with Crippen LogP contribution in [0.4, 0.5) is 0 Å². The van der Waals surface area contributed by atoms with Crippen molar-refractivity contribution in [2.24, 2.45) is 0 Å². The molecule has 15 heavy (non-hydrogen) atoms. The van der Waals surface area contributed by atoms with Crippen molar-refractivity contribution in [1.82, 2.24) is 4.90 Å². The van der Waals surface area contributed by atoms with E-state index in [4.69, 9.17) is 0 Å². The number of likely N-dealkylation sites (N-methyl/N-ethyl adjacent to an activating group) is 1. The second-order valence-corrected chi connectivity index (χ2v) is 5.19. The Labute approximate surface area is 94.0 Å². The predicted octanol–water partition coefficient (Wildman–Crippen LogP) is 1.20. The van der Waals surface area contributed by atoms with E-state index in [2.05, 4.69) is 0 Å². The lowest BCUT2D eigenvalue weighted by Crippen LogP contribution is -2.61. The maximum atomic E-state index is 11.4. The molecule has 0 aromatic carbocycles. The number of aliphatic carboxylic acids is 1. The van der Waals surface area contributed by atoms with Crippen molar-refractivity contribution < 1.29 is 14.7 Å². The van der Waals surface area contributed by atoms with Gasteiger partial charge in [-0.25, -0.2) is 4.79 Å². The highest BCUT2D eigenvalue weighted by Crippen LogP contribution is 2.38. The van der Waals surface area contributed by atoms with E-state index >= 15 is 0 Å². The molecule has 0 bridgehead atoms. The molecule has 4 nitrogen and oxygen atoms in total. The third-order valence-electron chi connectivity index (χ3n) is 3.09. The standard InChI is InChI=1S/C10H17NO3S/c1-3-11(7-12)10(9(13)14)5-4-6-15-8(10)2/h7-8H,3-6H2,1-2H3,(H,13,14). The van der Waals surface area contributed by atoms with E-state index in [0.29, 0.717) is 19.4 Å². The van der Waals surface area contributed by atoms with Crippen LogP contribution in [0.15, 0.2) is 0 Å². The van der Waals surface area contributed by atoms with E-state index < -0.39 is 11.5 Å². The van der Waals surface area contributed by atoms with Gasteiger partial charge in [0.2, 0.25) is 6.41 Å². The molecule has 1 saturated heterocycles. The second-order valence-electron chi connectivity index (χ2n) is 3.74. The molecule has 2 atom stereocenters. The van der Waals surface area contributed by atoms with Gasteiger partial charge in [0.1, 0.15) is 0 Å². The number of hydrogen-bond acceptors (Lipinski definition) is 3. The van der Waals surface area contributed by atoms with Crippen LogP contribution < -0.4 is 0 Å². The molecule has 0 aromatic rings. The van der Waals surface area contributed by atoms with Gasteiger partial charge < -0.3 is 10.0 Å². The van der Waals surface area contributed by atoms with Crippen LogP contribution >= 0.6 is 11.8 Å². The first kappa shape index (κ1) is 12.4. The average Bonchev–Trinajstić information content (AvgIpc) is 2.22. The Morgan fingerprint density at radius 1 is 1.73 bits per heavy atom. The van der Waals surface area contributed by atoms with Crippen molar-refractivity contribution >= 4 is 24.1 Å². The SMILES string of the molecule is CCN(C=O)C1(C(=O)O)CCCSC1C. The Kier molecular flexibility index (Phi) is 4.02. The van der Waals surface area contributed by atoms with Gasteiger partial charge >= 0.3 is 5.97 Å². The second kappa shape index (κ2) is 4.88. The van der Waals surface area contributed by atoms with Crippen LogP contribution in [0.3, 0.4) is 0 Å². The monoisotopic (exact) mass is 231 g/mol. The number of amides is 1. The van der Waals surface area contributed by atoms with E-state index in [1.54, 1.807) is 11.8 Å². The topological polar surface area (TPSA) is 57.6 Å². The third kappa shape index (κ3) is 1.97. The number of carboxylic acids is 1. The van der Waals surface area contributed by atoms with Gasteiger partial charge in [-0.05, 0) is 25.5 Å². The van der Waals surface area contributed by atoms with Gasteiger partial charge in [0, 0.05) is 11.8 Å². The fraction of sp³-hybridized carbons (Fsp3) is 0.800. The summed E-state index contributed by atoms with van der Waals surface area (Å²) < 4.78 is 0. The van der Waals surface area contributed by atoms with Gasteiger partial charge in [-0.3, -0.25) is 4.79 Å². The summed E-state index contributed by atoms with van der Waals surface area (Å²) in [5.74, 6) is 0.100. The van der Waals surface area contributed by atoms with Crippen LogP contribution in [0.1, 0.15) is 26.7 Å². The van der Waals surface area contributed by atoms with Gasteiger partial charge in [-0.1, -0.05) is 6.92 Å². The summed E-state index contributed by atoms with van der Waals surface area (Å²) in [6.07, 6.45) is 2.07. The highest BCUT2D eigenvalue weighted by molar-refractivity contribution is 8.00. The van der Waals surface area contributed by atoms with Crippen molar-refractivity contribution in [2.45, 2.75) is 37.5 Å². The summed E-state index contributed by atoms with van der Waals surface area (Å²) in [4.78, 5) is 23.8. The summed E-state index contributed by atoms with van der Waals surface area (Å²) in [5.41, 5.74) is -1.00. The lowest BCUT2D eigenvalue weighted by molar-refractivity contribution is -0.155. The Bertz CT molecular complexity index is 259. The summed E-state index contributed by atoms with van der Waals surface area (Å²) in [6, 6.07) is 0. The molecular weight excluding hydrogens is 214 g/mol. The van der Waals surface area contributed by atoms with E-state index in [1.807, 2.05) is 13.8 Å². The zero-order valence-electron chi connectivity index (χ0n) is 9.10. The maximum absolute atomic E-state index is 11.4. The van der Waals surface area contributed by atoms with Gasteiger partial charge in [-0.2, -0.15) is 11.8 Å².